The highest BCUT2D eigenvalue weighted by molar-refractivity contribution is 5.74. The number of anilines is 1. The Balaban J connectivity index is 1.33. The van der Waals surface area contributed by atoms with Gasteiger partial charge in [-0.2, -0.15) is 0 Å². The molecule has 3 aromatic rings. The molecule has 1 aliphatic heterocycles. The van der Waals surface area contributed by atoms with Crippen molar-refractivity contribution in [3.05, 3.63) is 72.3 Å². The summed E-state index contributed by atoms with van der Waals surface area (Å²) in [6.07, 6.45) is 6.78. The first-order valence-electron chi connectivity index (χ1n) is 9.27. The maximum atomic E-state index is 11.8. The molecule has 2 unspecified atom stereocenters. The van der Waals surface area contributed by atoms with E-state index in [1.807, 2.05) is 36.4 Å². The van der Waals surface area contributed by atoms with Gasteiger partial charge in [0, 0.05) is 43.4 Å². The maximum absolute atomic E-state index is 11.8. The van der Waals surface area contributed by atoms with Crippen molar-refractivity contribution >= 4 is 12.0 Å². The first kappa shape index (κ1) is 18.8. The molecule has 29 heavy (non-hydrogen) atoms. The fourth-order valence-corrected chi connectivity index (χ4v) is 2.77. The van der Waals surface area contributed by atoms with Gasteiger partial charge in [0.2, 0.25) is 5.95 Å². The molecule has 0 bridgehead atoms. The number of nitrogens with two attached hydrogens (primary N) is 1. The molecule has 0 aliphatic carbocycles. The van der Waals surface area contributed by atoms with Crippen LogP contribution >= 0.6 is 0 Å². The molecule has 9 heteroatoms. The van der Waals surface area contributed by atoms with Crippen molar-refractivity contribution in [1.82, 2.24) is 30.9 Å². The first-order chi connectivity index (χ1) is 14.2. The van der Waals surface area contributed by atoms with Gasteiger partial charge in [0.1, 0.15) is 6.17 Å². The van der Waals surface area contributed by atoms with E-state index in [0.29, 0.717) is 19.0 Å². The van der Waals surface area contributed by atoms with E-state index in [2.05, 4.69) is 36.2 Å². The maximum Gasteiger partial charge on any atom is 0.316 e. The average Bonchev–Trinajstić information content (AvgIpc) is 3.46. The van der Waals surface area contributed by atoms with E-state index in [9.17, 15) is 4.79 Å². The number of amides is 2. The van der Waals surface area contributed by atoms with E-state index in [1.165, 1.54) is 0 Å². The van der Waals surface area contributed by atoms with E-state index >= 15 is 0 Å². The first-order valence-corrected chi connectivity index (χ1v) is 9.27. The lowest BCUT2D eigenvalue weighted by atomic mass is 10.1. The molecule has 4 rings (SSSR count). The highest BCUT2D eigenvalue weighted by Crippen LogP contribution is 2.19. The predicted octanol–water partition coefficient (Wildman–Crippen LogP) is 1.16. The quantitative estimate of drug-likeness (QED) is 0.381. The molecule has 2 aromatic heterocycles. The second-order valence-electron chi connectivity index (χ2n) is 6.71. The molecular weight excluding hydrogens is 368 g/mol. The predicted molar refractivity (Wildman–Crippen MR) is 109 cm³/mol. The van der Waals surface area contributed by atoms with Crippen LogP contribution in [0.25, 0.3) is 11.1 Å². The summed E-state index contributed by atoms with van der Waals surface area (Å²) in [5.41, 5.74) is 9.51. The van der Waals surface area contributed by atoms with Crippen molar-refractivity contribution < 1.29 is 4.79 Å². The number of carbonyl (C=O) groups is 1. The van der Waals surface area contributed by atoms with Gasteiger partial charge in [-0.25, -0.2) is 14.8 Å². The number of rotatable bonds is 7. The molecule has 1 aromatic carbocycles. The number of carbonyl (C=O) groups excluding carboxylic acids is 1. The number of urea groups is 1. The summed E-state index contributed by atoms with van der Waals surface area (Å²) >= 11 is 0. The van der Waals surface area contributed by atoms with E-state index in [-0.39, 0.29) is 18.4 Å². The van der Waals surface area contributed by atoms with E-state index in [0.717, 1.165) is 22.3 Å². The smallest absolute Gasteiger partial charge is 0.316 e. The molecule has 2 amide bonds. The zero-order chi connectivity index (χ0) is 20.1. The molecule has 0 saturated carbocycles. The van der Waals surface area contributed by atoms with Crippen molar-refractivity contribution in [3.63, 3.8) is 0 Å². The van der Waals surface area contributed by atoms with E-state index in [1.54, 1.807) is 24.8 Å². The summed E-state index contributed by atoms with van der Waals surface area (Å²) in [5.74, 6) is 0.555. The Morgan fingerprint density at radius 3 is 2.55 bits per heavy atom. The van der Waals surface area contributed by atoms with Gasteiger partial charge < -0.3 is 21.7 Å². The van der Waals surface area contributed by atoms with Crippen LogP contribution in [0.1, 0.15) is 11.1 Å². The van der Waals surface area contributed by atoms with Crippen LogP contribution in [0.3, 0.4) is 0 Å². The van der Waals surface area contributed by atoms with E-state index < -0.39 is 0 Å². The van der Waals surface area contributed by atoms with Crippen LogP contribution in [0.5, 0.6) is 0 Å². The fraction of sp³-hybridized carbons (Fsp3) is 0.200. The summed E-state index contributed by atoms with van der Waals surface area (Å²) in [6.45, 7) is 1.02. The van der Waals surface area contributed by atoms with Gasteiger partial charge in [-0.3, -0.25) is 10.3 Å². The minimum absolute atomic E-state index is 0.149. The normalized spacial score (nSPS) is 17.4. The Labute approximate surface area is 168 Å². The third-order valence-electron chi connectivity index (χ3n) is 4.45. The van der Waals surface area contributed by atoms with Gasteiger partial charge in [-0.1, -0.05) is 24.3 Å². The summed E-state index contributed by atoms with van der Waals surface area (Å²) in [5, 5.41) is 11.6. The van der Waals surface area contributed by atoms with Crippen LogP contribution in [0, 0.1) is 0 Å². The van der Waals surface area contributed by atoms with Crippen LogP contribution in [0.4, 0.5) is 10.7 Å². The van der Waals surface area contributed by atoms with Crippen LogP contribution in [-0.4, -0.2) is 33.3 Å². The third-order valence-corrected chi connectivity index (χ3v) is 4.45. The summed E-state index contributed by atoms with van der Waals surface area (Å²) in [7, 11) is 0. The fourth-order valence-electron chi connectivity index (χ4n) is 2.77. The standard InChI is InChI=1S/C20H22N8O/c21-17-18(27-17)28-20(29)26-9-13-3-1-5-15(7-13)16-11-24-19(25-12-16)23-10-14-4-2-6-22-8-14/h1-8,11-12,17-18,27H,9-10,21H2,(H,23,24,25)(H2,26,28,29). The molecule has 6 N–H and O–H groups in total. The second kappa shape index (κ2) is 8.63. The van der Waals surface area contributed by atoms with E-state index in [4.69, 9.17) is 5.73 Å². The van der Waals surface area contributed by atoms with Crippen LogP contribution in [0.15, 0.2) is 61.2 Å². The van der Waals surface area contributed by atoms with Gasteiger partial charge in [0.15, 0.2) is 0 Å². The highest BCUT2D eigenvalue weighted by Gasteiger charge is 2.33. The van der Waals surface area contributed by atoms with Gasteiger partial charge >= 0.3 is 6.03 Å². The molecule has 2 atom stereocenters. The Kier molecular flexibility index (Phi) is 5.59. The lowest BCUT2D eigenvalue weighted by molar-refractivity contribution is 0.239. The summed E-state index contributed by atoms with van der Waals surface area (Å²) in [4.78, 5) is 24.7. The van der Waals surface area contributed by atoms with Crippen molar-refractivity contribution in [3.8, 4) is 11.1 Å². The Morgan fingerprint density at radius 2 is 1.83 bits per heavy atom. The Bertz CT molecular complexity index is 964. The summed E-state index contributed by atoms with van der Waals surface area (Å²) in [6, 6.07) is 11.5. The molecular formula is C20H22N8O. The number of benzene rings is 1. The molecule has 0 spiro atoms. The Morgan fingerprint density at radius 1 is 1.03 bits per heavy atom. The van der Waals surface area contributed by atoms with Crippen molar-refractivity contribution in [1.29, 1.82) is 0 Å². The second-order valence-corrected chi connectivity index (χ2v) is 6.71. The number of hydrogen-bond donors (Lipinski definition) is 5. The van der Waals surface area contributed by atoms with Crippen LogP contribution in [-0.2, 0) is 13.1 Å². The number of pyridine rings is 1. The van der Waals surface area contributed by atoms with Gasteiger partial charge in [-0.05, 0) is 28.8 Å². The lowest BCUT2D eigenvalue weighted by Gasteiger charge is -2.09. The average molecular weight is 390 g/mol. The molecule has 9 nitrogen and oxygen atoms in total. The largest absolute Gasteiger partial charge is 0.350 e. The third kappa shape index (κ3) is 5.24. The van der Waals surface area contributed by atoms with Gasteiger partial charge in [-0.15, -0.1) is 0 Å². The molecule has 148 valence electrons. The van der Waals surface area contributed by atoms with Gasteiger partial charge in [0.25, 0.3) is 0 Å². The molecule has 3 heterocycles. The van der Waals surface area contributed by atoms with Crippen LogP contribution in [0.2, 0.25) is 0 Å². The van der Waals surface area contributed by atoms with Crippen LogP contribution < -0.4 is 27.0 Å². The summed E-state index contributed by atoms with van der Waals surface area (Å²) < 4.78 is 0. The number of hydrogen-bond acceptors (Lipinski definition) is 7. The zero-order valence-corrected chi connectivity index (χ0v) is 15.7. The van der Waals surface area contributed by atoms with Crippen molar-refractivity contribution in [2.45, 2.75) is 25.4 Å². The minimum atomic E-state index is -0.256. The topological polar surface area (TPSA) is 140 Å². The SMILES string of the molecule is NC1NC1NC(=O)NCc1cccc(-c2cnc(NCc3cccnc3)nc2)c1. The molecule has 0 radical (unpaired) electrons. The molecule has 1 aliphatic rings. The molecule has 1 fully saturated rings. The molecule has 1 saturated heterocycles. The zero-order valence-electron chi connectivity index (χ0n) is 15.7. The van der Waals surface area contributed by atoms with Crippen molar-refractivity contribution in [2.75, 3.05) is 5.32 Å². The number of nitrogens with zero attached hydrogens (tertiary/aromatic N) is 3. The van der Waals surface area contributed by atoms with Crippen molar-refractivity contribution in [2.24, 2.45) is 5.73 Å². The highest BCUT2D eigenvalue weighted by atomic mass is 16.2. The lowest BCUT2D eigenvalue weighted by Crippen LogP contribution is -2.38. The minimum Gasteiger partial charge on any atom is -0.350 e. The number of aromatic nitrogens is 3. The van der Waals surface area contributed by atoms with Gasteiger partial charge in [0.05, 0.1) is 6.17 Å². The Hall–Kier alpha value is -3.56. The number of nitrogens with one attached hydrogen (secondary N) is 4. The monoisotopic (exact) mass is 390 g/mol.